The summed E-state index contributed by atoms with van der Waals surface area (Å²) in [6.07, 6.45) is 9.59. The third kappa shape index (κ3) is 5.56. The number of rotatable bonds is 10. The van der Waals surface area contributed by atoms with Crippen LogP contribution in [0.2, 0.25) is 0 Å². The van der Waals surface area contributed by atoms with E-state index in [1.165, 1.54) is 5.56 Å². The monoisotopic (exact) mass is 438 g/mol. The topological polar surface area (TPSA) is 78.9 Å². The average Bonchev–Trinajstić information content (AvgIpc) is 3.34. The van der Waals surface area contributed by atoms with Gasteiger partial charge in [-0.25, -0.2) is 4.98 Å². The molecule has 0 aliphatic rings. The van der Waals surface area contributed by atoms with Gasteiger partial charge in [-0.15, -0.1) is 0 Å². The van der Waals surface area contributed by atoms with Gasteiger partial charge in [-0.1, -0.05) is 43.7 Å². The summed E-state index contributed by atoms with van der Waals surface area (Å²) in [6, 6.07) is 18.9. The van der Waals surface area contributed by atoms with Gasteiger partial charge in [0.25, 0.3) is 0 Å². The number of hydrogen-bond acceptors (Lipinski definition) is 5. The van der Waals surface area contributed by atoms with E-state index in [9.17, 15) is 5.26 Å². The highest BCUT2D eigenvalue weighted by Crippen LogP contribution is 2.28. The largest absolute Gasteiger partial charge is 0.366 e. The third-order valence-corrected chi connectivity index (χ3v) is 6.06. The second kappa shape index (κ2) is 10.7. The van der Waals surface area contributed by atoms with Crippen LogP contribution in [0.5, 0.6) is 0 Å². The van der Waals surface area contributed by atoms with Crippen molar-refractivity contribution in [2.75, 3.05) is 5.32 Å². The van der Waals surface area contributed by atoms with Crippen molar-refractivity contribution in [2.45, 2.75) is 57.9 Å². The van der Waals surface area contributed by atoms with Crippen LogP contribution < -0.4 is 5.32 Å². The summed E-state index contributed by atoms with van der Waals surface area (Å²) < 4.78 is 1.86. The smallest absolute Gasteiger partial charge is 0.157 e. The highest BCUT2D eigenvalue weighted by atomic mass is 15.3. The summed E-state index contributed by atoms with van der Waals surface area (Å²) in [6.45, 7) is 4.85. The molecular weight excluding hydrogens is 408 g/mol. The van der Waals surface area contributed by atoms with Gasteiger partial charge in [-0.3, -0.25) is 4.98 Å². The number of fused-ring (bicyclic) bond motifs is 1. The number of aryl methyl sites for hydroxylation is 1. The molecule has 4 rings (SSSR count). The fraction of sp³-hybridized carbons (Fsp3) is 0.333. The van der Waals surface area contributed by atoms with Gasteiger partial charge < -0.3 is 5.32 Å². The Morgan fingerprint density at radius 1 is 1.06 bits per heavy atom. The molecule has 6 heteroatoms. The molecule has 0 aliphatic carbocycles. The summed E-state index contributed by atoms with van der Waals surface area (Å²) in [5.74, 6) is 1.21. The van der Waals surface area contributed by atoms with Gasteiger partial charge in [-0.2, -0.15) is 14.9 Å². The van der Waals surface area contributed by atoms with Crippen LogP contribution in [0.25, 0.3) is 5.65 Å². The Hall–Kier alpha value is -3.72. The van der Waals surface area contributed by atoms with Gasteiger partial charge in [0.2, 0.25) is 0 Å². The summed E-state index contributed by atoms with van der Waals surface area (Å²) in [5, 5.41) is 17.2. The van der Waals surface area contributed by atoms with Gasteiger partial charge in [-0.05, 0) is 48.9 Å². The maximum atomic E-state index is 9.25. The number of nitriles is 1. The van der Waals surface area contributed by atoms with Crippen molar-refractivity contribution >= 4 is 11.5 Å². The van der Waals surface area contributed by atoms with Crippen molar-refractivity contribution in [1.29, 1.82) is 5.26 Å². The molecule has 0 saturated carbocycles. The van der Waals surface area contributed by atoms with Crippen molar-refractivity contribution in [3.05, 3.63) is 89.5 Å². The van der Waals surface area contributed by atoms with E-state index in [4.69, 9.17) is 4.98 Å². The molecule has 1 N–H and O–H groups in total. The molecule has 3 heterocycles. The molecule has 33 heavy (non-hydrogen) atoms. The first-order valence-corrected chi connectivity index (χ1v) is 11.6. The standard InChI is InChI=1S/C27H30N6/c1-3-6-23(11-10-21-7-4-9-24(15-21)20(2)17-28)25-16-27(33-26(32-25)12-14-31-33)30-19-22-8-5-13-29-18-22/h4-5,7-9,12-16,18,20,23,30H,3,6,10-11,19H2,1-2H3. The minimum Gasteiger partial charge on any atom is -0.366 e. The van der Waals surface area contributed by atoms with Crippen LogP contribution in [-0.4, -0.2) is 19.6 Å². The van der Waals surface area contributed by atoms with E-state index in [2.05, 4.69) is 58.7 Å². The minimum atomic E-state index is -0.0872. The quantitative estimate of drug-likeness (QED) is 0.334. The summed E-state index contributed by atoms with van der Waals surface area (Å²) in [4.78, 5) is 9.15. The molecule has 0 radical (unpaired) electrons. The summed E-state index contributed by atoms with van der Waals surface area (Å²) >= 11 is 0. The van der Waals surface area contributed by atoms with Gasteiger partial charge in [0.1, 0.15) is 5.82 Å². The minimum absolute atomic E-state index is 0.0872. The normalized spacial score (nSPS) is 12.9. The number of nitrogens with one attached hydrogen (secondary N) is 1. The first-order valence-electron chi connectivity index (χ1n) is 11.6. The van der Waals surface area contributed by atoms with E-state index in [0.29, 0.717) is 12.5 Å². The molecule has 0 fully saturated rings. The van der Waals surface area contributed by atoms with Crippen molar-refractivity contribution < 1.29 is 0 Å². The molecule has 2 atom stereocenters. The molecule has 3 aromatic heterocycles. The number of pyridine rings is 1. The van der Waals surface area contributed by atoms with Crippen molar-refractivity contribution in [3.63, 3.8) is 0 Å². The predicted molar refractivity (Wildman–Crippen MR) is 131 cm³/mol. The highest BCUT2D eigenvalue weighted by Gasteiger charge is 2.16. The van der Waals surface area contributed by atoms with Crippen LogP contribution in [0, 0.1) is 11.3 Å². The Balaban J connectivity index is 1.55. The average molecular weight is 439 g/mol. The lowest BCUT2D eigenvalue weighted by Gasteiger charge is -2.18. The van der Waals surface area contributed by atoms with Crippen LogP contribution in [0.3, 0.4) is 0 Å². The van der Waals surface area contributed by atoms with Crippen LogP contribution >= 0.6 is 0 Å². The molecule has 0 spiro atoms. The molecule has 2 unspecified atom stereocenters. The van der Waals surface area contributed by atoms with Crippen LogP contribution in [0.1, 0.15) is 67.3 Å². The molecule has 4 aromatic rings. The fourth-order valence-electron chi connectivity index (χ4n) is 4.18. The van der Waals surface area contributed by atoms with E-state index >= 15 is 0 Å². The molecule has 0 aliphatic heterocycles. The Morgan fingerprint density at radius 3 is 2.73 bits per heavy atom. The number of anilines is 1. The zero-order chi connectivity index (χ0) is 23.0. The molecule has 1 aromatic carbocycles. The second-order valence-corrected chi connectivity index (χ2v) is 8.50. The number of hydrogen-bond donors (Lipinski definition) is 1. The number of aromatic nitrogens is 4. The zero-order valence-corrected chi connectivity index (χ0v) is 19.3. The molecular formula is C27H30N6. The van der Waals surface area contributed by atoms with Gasteiger partial charge in [0.05, 0.1) is 18.2 Å². The van der Waals surface area contributed by atoms with Crippen molar-refractivity contribution in [3.8, 4) is 6.07 Å². The van der Waals surface area contributed by atoms with Crippen molar-refractivity contribution in [2.24, 2.45) is 0 Å². The van der Waals surface area contributed by atoms with E-state index in [0.717, 1.165) is 54.0 Å². The predicted octanol–water partition coefficient (Wildman–Crippen LogP) is 5.88. The molecule has 6 nitrogen and oxygen atoms in total. The highest BCUT2D eigenvalue weighted by molar-refractivity contribution is 5.50. The van der Waals surface area contributed by atoms with Crippen LogP contribution in [-0.2, 0) is 13.0 Å². The molecule has 168 valence electrons. The summed E-state index contributed by atoms with van der Waals surface area (Å²) in [7, 11) is 0. The lowest BCUT2D eigenvalue weighted by Crippen LogP contribution is -2.10. The van der Waals surface area contributed by atoms with Crippen LogP contribution in [0.15, 0.2) is 67.1 Å². The molecule has 0 saturated heterocycles. The number of nitrogens with zero attached hydrogens (tertiary/aromatic N) is 5. The maximum Gasteiger partial charge on any atom is 0.157 e. The van der Waals surface area contributed by atoms with E-state index < -0.39 is 0 Å². The first-order chi connectivity index (χ1) is 16.2. The van der Waals surface area contributed by atoms with Gasteiger partial charge in [0, 0.05) is 42.7 Å². The lowest BCUT2D eigenvalue weighted by atomic mass is 9.91. The van der Waals surface area contributed by atoms with Crippen LogP contribution in [0.4, 0.5) is 5.82 Å². The van der Waals surface area contributed by atoms with Gasteiger partial charge >= 0.3 is 0 Å². The Labute approximate surface area is 195 Å². The Morgan fingerprint density at radius 2 is 1.94 bits per heavy atom. The lowest BCUT2D eigenvalue weighted by molar-refractivity contribution is 0.555. The third-order valence-electron chi connectivity index (χ3n) is 6.06. The Bertz CT molecular complexity index is 1220. The van der Waals surface area contributed by atoms with E-state index in [-0.39, 0.29) is 5.92 Å². The van der Waals surface area contributed by atoms with Gasteiger partial charge in [0.15, 0.2) is 5.65 Å². The van der Waals surface area contributed by atoms with E-state index in [1.54, 1.807) is 12.4 Å². The Kier molecular flexibility index (Phi) is 7.31. The van der Waals surface area contributed by atoms with Crippen molar-refractivity contribution in [1.82, 2.24) is 19.6 Å². The molecule has 0 amide bonds. The second-order valence-electron chi connectivity index (χ2n) is 8.50. The van der Waals surface area contributed by atoms with E-state index in [1.807, 2.05) is 35.8 Å². The summed E-state index contributed by atoms with van der Waals surface area (Å²) in [5.41, 5.74) is 5.43. The maximum absolute atomic E-state index is 9.25. The zero-order valence-electron chi connectivity index (χ0n) is 19.3. The fourth-order valence-corrected chi connectivity index (χ4v) is 4.18. The molecule has 0 bridgehead atoms. The SMILES string of the molecule is CCCC(CCc1cccc(C(C)C#N)c1)c1cc(NCc2cccnc2)n2nccc2n1. The first kappa shape index (κ1) is 22.5. The number of benzene rings is 1.